The second kappa shape index (κ2) is 61.2. The molecule has 0 aliphatic heterocycles. The Morgan fingerprint density at radius 1 is 0.727 bits per heavy atom. The normalized spacial score (nSPS) is 1.45. The Labute approximate surface area is 182 Å². The van der Waals surface area contributed by atoms with Gasteiger partial charge in [-0.3, -0.25) is 0 Å². The Bertz CT molecular complexity index is 42.3. The van der Waals surface area contributed by atoms with Crippen LogP contribution in [0.25, 0.3) is 0 Å². The van der Waals surface area contributed by atoms with Gasteiger partial charge in [0.1, 0.15) is 0 Å². The molecule has 0 atom stereocenters. The Kier molecular flexibility index (Phi) is 249. The zero-order valence-electron chi connectivity index (χ0n) is 5.80. The van der Waals surface area contributed by atoms with Gasteiger partial charge in [0.25, 0.3) is 0 Å². The van der Waals surface area contributed by atoms with E-state index in [4.69, 9.17) is 15.9 Å². The topological polar surface area (TPSA) is 74.6 Å². The second-order valence-electron chi connectivity index (χ2n) is 0.211. The van der Waals surface area contributed by atoms with Gasteiger partial charge in [0.2, 0.25) is 0 Å². The first kappa shape index (κ1) is 44.8. The van der Waals surface area contributed by atoms with Crippen LogP contribution in [0.2, 0.25) is 0 Å². The smallest absolute Gasteiger partial charge is 2.00 e. The van der Waals surface area contributed by atoms with Gasteiger partial charge in [0.15, 0.2) is 0 Å². The van der Waals surface area contributed by atoms with Crippen LogP contribution in [0.3, 0.4) is 0 Å². The molecule has 11 heavy (non-hydrogen) atoms. The number of rotatable bonds is 0. The van der Waals surface area contributed by atoms with Crippen LogP contribution in [0.15, 0.2) is 0 Å². The molecular weight excluding hydrogens is 302 g/mol. The van der Waals surface area contributed by atoms with Crippen molar-refractivity contribution < 1.29 is 15.9 Å². The van der Waals surface area contributed by atoms with Crippen molar-refractivity contribution >= 4 is 171 Å². The summed E-state index contributed by atoms with van der Waals surface area (Å²) in [6.45, 7) is 0. The molecule has 0 heterocycles. The van der Waals surface area contributed by atoms with Crippen LogP contribution < -0.4 is 0 Å². The fourth-order valence-corrected chi connectivity index (χ4v) is 0. The van der Waals surface area contributed by atoms with Crippen molar-refractivity contribution in [3.63, 3.8) is 0 Å². The fourth-order valence-electron chi connectivity index (χ4n) is 0. The van der Waals surface area contributed by atoms with Crippen molar-refractivity contribution in [1.82, 2.24) is 0 Å². The van der Waals surface area contributed by atoms with E-state index in [2.05, 4.69) is 0 Å². The molecule has 0 fully saturated rings. The minimum Gasteiger partial charge on any atom is -2.00 e. The molecule has 0 aromatic heterocycles. The Morgan fingerprint density at radius 2 is 0.727 bits per heavy atom. The summed E-state index contributed by atoms with van der Waals surface area (Å²) >= 11 is -3.00. The van der Waals surface area contributed by atoms with Crippen LogP contribution in [-0.4, -0.2) is 153 Å². The standard InChI is InChI=1S/2Al.3Ca.2H2O.2O.2S/h;;;;;2*1H2;;;;/q2*+1;3*+2;;;;;2*-2/p-2. The van der Waals surface area contributed by atoms with Crippen LogP contribution in [0.1, 0.15) is 0 Å². The van der Waals surface area contributed by atoms with Gasteiger partial charge in [0, 0.05) is 0 Å². The Balaban J connectivity index is -0.00000000400. The van der Waals surface area contributed by atoms with E-state index in [1.807, 2.05) is 0 Å². The summed E-state index contributed by atoms with van der Waals surface area (Å²) in [6, 6.07) is 0. The molecule has 0 aliphatic carbocycles. The minimum atomic E-state index is -1.50. The van der Waals surface area contributed by atoms with Gasteiger partial charge in [-0.25, -0.2) is 0 Å². The third-order valence-electron chi connectivity index (χ3n) is 0. The summed E-state index contributed by atoms with van der Waals surface area (Å²) in [5.41, 5.74) is 0. The molecule has 0 unspecified atom stereocenters. The quantitative estimate of drug-likeness (QED) is 0.461. The molecule has 0 rings (SSSR count). The first-order valence-corrected chi connectivity index (χ1v) is 2.96. The minimum absolute atomic E-state index is 0. The molecule has 0 saturated carbocycles. The molecule has 0 saturated heterocycles. The van der Waals surface area contributed by atoms with Crippen LogP contribution in [-0.2, 0) is 34.6 Å². The summed E-state index contributed by atoms with van der Waals surface area (Å²) in [6.07, 6.45) is 0. The third-order valence-corrected chi connectivity index (χ3v) is 0. The van der Waals surface area contributed by atoms with Gasteiger partial charge in [0.05, 0.1) is 0 Å². The first-order chi connectivity index (χ1) is 2.83. The van der Waals surface area contributed by atoms with Crippen LogP contribution >= 0.6 is 0 Å². The molecule has 4 nitrogen and oxygen atoms in total. The average molecular weight is 304 g/mol. The maximum atomic E-state index is 8.57. The van der Waals surface area contributed by atoms with Crippen LogP contribution in [0, 0.1) is 0 Å². The van der Waals surface area contributed by atoms with Crippen LogP contribution in [0.4, 0.5) is 0 Å². The van der Waals surface area contributed by atoms with E-state index in [0.29, 0.717) is 0 Å². The Morgan fingerprint density at radius 3 is 0.727 bits per heavy atom. The second-order valence-corrected chi connectivity index (χ2v) is 0.632. The first-order valence-electron chi connectivity index (χ1n) is 0.988. The van der Waals surface area contributed by atoms with Crippen molar-refractivity contribution in [3.05, 3.63) is 0 Å². The van der Waals surface area contributed by atoms with Crippen molar-refractivity contribution in [2.45, 2.75) is 0 Å². The maximum Gasteiger partial charge on any atom is -2.00 e. The zero-order valence-corrected chi connectivity index (χ0v) is 16.4. The summed E-state index contributed by atoms with van der Waals surface area (Å²) in [5.74, 6) is 0. The molecule has 2 N–H and O–H groups in total. The molecule has 48 valence electrons. The molecule has 0 radical (unpaired) electrons. The van der Waals surface area contributed by atoms with Gasteiger partial charge in [-0.15, -0.1) is 0 Å². The molecule has 0 aliphatic rings. The maximum absolute atomic E-state index is 8.57. The van der Waals surface area contributed by atoms with Crippen molar-refractivity contribution in [2.75, 3.05) is 0 Å². The van der Waals surface area contributed by atoms with Crippen molar-refractivity contribution in [1.29, 1.82) is 0 Å². The average Bonchev–Trinajstić information content (AvgIpc) is 1.39. The van der Waals surface area contributed by atoms with Gasteiger partial charge in [-0.1, -0.05) is 0 Å². The monoisotopic (exact) mass is 304 g/mol. The van der Waals surface area contributed by atoms with Gasteiger partial charge < -0.3 is 27.0 Å². The Hall–Kier alpha value is 4.74. The molecule has 0 spiro atoms. The van der Waals surface area contributed by atoms with E-state index in [9.17, 15) is 0 Å². The SMILES string of the molecule is [Ca+2].[Ca+2].[Ca+2].[O]=[Al][OH].[O]=[Al][OH].[S-2].[S-2]. The molecule has 0 aromatic carbocycles. The molecule has 0 aromatic rings. The molecular formula is H2Al2Ca3O4S2+2. The van der Waals surface area contributed by atoms with Gasteiger partial charge in [-0.05, 0) is 0 Å². The summed E-state index contributed by atoms with van der Waals surface area (Å²) in [4.78, 5) is 0. The summed E-state index contributed by atoms with van der Waals surface area (Å²) in [5, 5.41) is 0. The summed E-state index contributed by atoms with van der Waals surface area (Å²) in [7, 11) is 0. The van der Waals surface area contributed by atoms with Gasteiger partial charge >= 0.3 is 160 Å². The van der Waals surface area contributed by atoms with E-state index in [0.717, 1.165) is 0 Å². The zero-order chi connectivity index (χ0) is 5.41. The predicted molar refractivity (Wildman–Crippen MR) is 49.3 cm³/mol. The van der Waals surface area contributed by atoms with E-state index in [1.165, 1.54) is 0 Å². The van der Waals surface area contributed by atoms with Crippen molar-refractivity contribution in [2.24, 2.45) is 0 Å². The largest absolute Gasteiger partial charge is 2.00 e. The predicted octanol–water partition coefficient (Wildman–Crippen LogP) is -3.26. The number of hydrogen-bond donors (Lipinski definition) is 2. The van der Waals surface area contributed by atoms with E-state index in [1.54, 1.807) is 0 Å². The third kappa shape index (κ3) is 106. The van der Waals surface area contributed by atoms with E-state index in [-0.39, 0.29) is 140 Å². The van der Waals surface area contributed by atoms with Crippen molar-refractivity contribution in [3.8, 4) is 0 Å². The van der Waals surface area contributed by atoms with E-state index < -0.39 is 31.0 Å². The number of hydrogen-bond acceptors (Lipinski definition) is 2. The molecule has 0 bridgehead atoms. The summed E-state index contributed by atoms with van der Waals surface area (Å²) < 4.78 is 31.3. The van der Waals surface area contributed by atoms with Gasteiger partial charge in [-0.2, -0.15) is 0 Å². The molecule has 11 heteroatoms. The van der Waals surface area contributed by atoms with Crippen LogP contribution in [0.5, 0.6) is 0 Å². The fraction of sp³-hybridized carbons (Fsp3) is 0. The van der Waals surface area contributed by atoms with E-state index >= 15 is 0 Å². The molecule has 0 amide bonds.